The number of esters is 1. The molecule has 168 valence electrons. The van der Waals surface area contributed by atoms with E-state index in [-0.39, 0.29) is 16.7 Å². The van der Waals surface area contributed by atoms with Crippen LogP contribution in [0.3, 0.4) is 0 Å². The number of anilines is 1. The summed E-state index contributed by atoms with van der Waals surface area (Å²) >= 11 is 1.17. The minimum absolute atomic E-state index is 0.155. The highest BCUT2D eigenvalue weighted by atomic mass is 32.2. The van der Waals surface area contributed by atoms with Crippen molar-refractivity contribution in [1.82, 2.24) is 14.5 Å². The van der Waals surface area contributed by atoms with E-state index in [1.807, 2.05) is 12.1 Å². The van der Waals surface area contributed by atoms with E-state index >= 15 is 0 Å². The molecule has 2 aliphatic heterocycles. The van der Waals surface area contributed by atoms with Gasteiger partial charge < -0.3 is 14.4 Å². The Hall–Kier alpha value is -2.08. The zero-order chi connectivity index (χ0) is 21.8. The van der Waals surface area contributed by atoms with Crippen LogP contribution in [0.25, 0.3) is 10.6 Å². The van der Waals surface area contributed by atoms with Crippen molar-refractivity contribution in [2.45, 2.75) is 24.0 Å². The Morgan fingerprint density at radius 2 is 2.00 bits per heavy atom. The molecule has 2 aromatic heterocycles. The van der Waals surface area contributed by atoms with Crippen LogP contribution in [0.2, 0.25) is 0 Å². The first kappa shape index (κ1) is 22.1. The van der Waals surface area contributed by atoms with Crippen molar-refractivity contribution >= 4 is 33.1 Å². The van der Waals surface area contributed by atoms with Gasteiger partial charge >= 0.3 is 5.97 Å². The first-order valence-electron chi connectivity index (χ1n) is 10.4. The van der Waals surface area contributed by atoms with Crippen molar-refractivity contribution in [3.05, 3.63) is 24.3 Å². The van der Waals surface area contributed by atoms with Gasteiger partial charge in [-0.25, -0.2) is 8.42 Å². The van der Waals surface area contributed by atoms with Crippen molar-refractivity contribution in [2.75, 3.05) is 50.9 Å². The molecule has 2 aliphatic rings. The molecule has 2 aromatic rings. The number of carbonyl (C=O) groups is 1. The van der Waals surface area contributed by atoms with E-state index in [9.17, 15) is 13.2 Å². The lowest BCUT2D eigenvalue weighted by atomic mass is 10.0. The summed E-state index contributed by atoms with van der Waals surface area (Å²) in [6, 6.07) is 7.11. The van der Waals surface area contributed by atoms with Crippen molar-refractivity contribution in [2.24, 2.45) is 5.92 Å². The van der Waals surface area contributed by atoms with Gasteiger partial charge in [0.1, 0.15) is 9.90 Å². The number of morpholine rings is 1. The highest BCUT2D eigenvalue weighted by Crippen LogP contribution is 2.33. The number of rotatable bonds is 6. The number of nitrogens with zero attached hydrogens (tertiary/aromatic N) is 4. The topological polar surface area (TPSA) is 102 Å². The average Bonchev–Trinajstić information content (AvgIpc) is 3.31. The minimum atomic E-state index is -3.68. The molecule has 0 N–H and O–H groups in total. The Morgan fingerprint density at radius 3 is 2.71 bits per heavy atom. The van der Waals surface area contributed by atoms with Crippen molar-refractivity contribution < 1.29 is 22.7 Å². The second-order valence-corrected chi connectivity index (χ2v) is 10.7. The molecule has 11 heteroatoms. The Bertz CT molecular complexity index is 1000. The Morgan fingerprint density at radius 1 is 1.19 bits per heavy atom. The van der Waals surface area contributed by atoms with Gasteiger partial charge in [0.15, 0.2) is 5.82 Å². The summed E-state index contributed by atoms with van der Waals surface area (Å²) in [6.45, 7) is 5.49. The van der Waals surface area contributed by atoms with E-state index < -0.39 is 15.9 Å². The summed E-state index contributed by atoms with van der Waals surface area (Å²) in [4.78, 5) is 14.9. The van der Waals surface area contributed by atoms with Crippen LogP contribution in [-0.4, -0.2) is 74.9 Å². The van der Waals surface area contributed by atoms with Crippen LogP contribution in [0.5, 0.6) is 0 Å². The van der Waals surface area contributed by atoms with Crippen LogP contribution in [0.15, 0.2) is 28.5 Å². The second kappa shape index (κ2) is 9.60. The molecule has 2 saturated heterocycles. The highest BCUT2D eigenvalue weighted by Gasteiger charge is 2.34. The molecule has 0 aromatic carbocycles. The van der Waals surface area contributed by atoms with Gasteiger partial charge in [-0.2, -0.15) is 4.31 Å². The van der Waals surface area contributed by atoms with Crippen molar-refractivity contribution in [3.8, 4) is 10.6 Å². The van der Waals surface area contributed by atoms with Crippen LogP contribution in [0.4, 0.5) is 5.82 Å². The summed E-state index contributed by atoms with van der Waals surface area (Å²) in [6.07, 6.45) is 1.28. The van der Waals surface area contributed by atoms with Gasteiger partial charge in [0.2, 0.25) is 0 Å². The number of ether oxygens (including phenoxy) is 2. The number of hydrogen-bond acceptors (Lipinski definition) is 9. The van der Waals surface area contributed by atoms with E-state index in [0.29, 0.717) is 44.9 Å². The second-order valence-electron chi connectivity index (χ2n) is 7.45. The minimum Gasteiger partial charge on any atom is -0.466 e. The molecule has 1 atom stereocenters. The maximum absolute atomic E-state index is 13.1. The third kappa shape index (κ3) is 4.89. The van der Waals surface area contributed by atoms with Gasteiger partial charge in [-0.05, 0) is 44.0 Å². The molecule has 4 heterocycles. The highest BCUT2D eigenvalue weighted by molar-refractivity contribution is 7.91. The Balaban J connectivity index is 1.47. The molecule has 31 heavy (non-hydrogen) atoms. The number of thiophene rings is 1. The number of carbonyl (C=O) groups excluding carboxylic acids is 1. The molecule has 9 nitrogen and oxygen atoms in total. The maximum Gasteiger partial charge on any atom is 0.310 e. The van der Waals surface area contributed by atoms with E-state index in [1.165, 1.54) is 15.6 Å². The third-order valence-electron chi connectivity index (χ3n) is 5.42. The largest absolute Gasteiger partial charge is 0.466 e. The van der Waals surface area contributed by atoms with Gasteiger partial charge in [0, 0.05) is 26.2 Å². The smallest absolute Gasteiger partial charge is 0.310 e. The molecule has 0 radical (unpaired) electrons. The predicted molar refractivity (Wildman–Crippen MR) is 116 cm³/mol. The zero-order valence-corrected chi connectivity index (χ0v) is 19.0. The normalized spacial score (nSPS) is 20.5. The molecular weight excluding hydrogens is 440 g/mol. The van der Waals surface area contributed by atoms with E-state index in [2.05, 4.69) is 15.1 Å². The standard InChI is InChI=1S/C20H26N4O5S2/c1-2-29-20(25)15-4-3-9-24(14-15)31(26,27)19-8-6-17(30-19)16-5-7-18(22-21-16)23-10-12-28-13-11-23/h5-8,15H,2-4,9-14H2,1H3/t15-/m0/s1. The molecule has 0 saturated carbocycles. The fraction of sp³-hybridized carbons (Fsp3) is 0.550. The quantitative estimate of drug-likeness (QED) is 0.596. The van der Waals surface area contributed by atoms with Gasteiger partial charge in [-0.3, -0.25) is 4.79 Å². The SMILES string of the molecule is CCOC(=O)[C@H]1CCCN(S(=O)(=O)c2ccc(-c3ccc(N4CCOCC4)nn3)s2)C1. The first-order valence-corrected chi connectivity index (χ1v) is 12.7. The van der Waals surface area contributed by atoms with Crippen LogP contribution >= 0.6 is 11.3 Å². The third-order valence-corrected chi connectivity index (χ3v) is 8.86. The Kier molecular flexibility index (Phi) is 6.85. The van der Waals surface area contributed by atoms with E-state index in [0.717, 1.165) is 23.8 Å². The lowest BCUT2D eigenvalue weighted by molar-refractivity contribution is -0.149. The van der Waals surface area contributed by atoms with Gasteiger partial charge in [-0.1, -0.05) is 0 Å². The maximum atomic E-state index is 13.1. The van der Waals surface area contributed by atoms with Crippen LogP contribution in [-0.2, 0) is 24.3 Å². The van der Waals surface area contributed by atoms with Crippen LogP contribution in [0, 0.1) is 5.92 Å². The number of sulfonamides is 1. The van der Waals surface area contributed by atoms with Gasteiger partial charge in [-0.15, -0.1) is 21.5 Å². The molecule has 0 unspecified atom stereocenters. The number of aromatic nitrogens is 2. The summed E-state index contributed by atoms with van der Waals surface area (Å²) in [5, 5.41) is 8.60. The fourth-order valence-corrected chi connectivity index (χ4v) is 6.70. The summed E-state index contributed by atoms with van der Waals surface area (Å²) < 4.78 is 38.4. The number of piperidine rings is 1. The lowest BCUT2D eigenvalue weighted by Crippen LogP contribution is -2.42. The fourth-order valence-electron chi connectivity index (χ4n) is 3.75. The zero-order valence-electron chi connectivity index (χ0n) is 17.4. The van der Waals surface area contributed by atoms with E-state index in [4.69, 9.17) is 9.47 Å². The molecule has 2 fully saturated rings. The van der Waals surface area contributed by atoms with Crippen LogP contribution in [0.1, 0.15) is 19.8 Å². The van der Waals surface area contributed by atoms with Gasteiger partial charge in [0.05, 0.1) is 30.6 Å². The summed E-state index contributed by atoms with van der Waals surface area (Å²) in [5.74, 6) is 0.0428. The van der Waals surface area contributed by atoms with Crippen molar-refractivity contribution in [3.63, 3.8) is 0 Å². The summed E-state index contributed by atoms with van der Waals surface area (Å²) in [7, 11) is -3.68. The molecule has 4 rings (SSSR count). The average molecular weight is 467 g/mol. The monoisotopic (exact) mass is 466 g/mol. The van der Waals surface area contributed by atoms with Crippen LogP contribution < -0.4 is 4.90 Å². The molecule has 0 bridgehead atoms. The van der Waals surface area contributed by atoms with Crippen molar-refractivity contribution in [1.29, 1.82) is 0 Å². The van der Waals surface area contributed by atoms with Gasteiger partial charge in [0.25, 0.3) is 10.0 Å². The molecule has 0 amide bonds. The van der Waals surface area contributed by atoms with E-state index in [1.54, 1.807) is 19.1 Å². The lowest BCUT2D eigenvalue weighted by Gasteiger charge is -2.30. The first-order chi connectivity index (χ1) is 15.0. The number of hydrogen-bond donors (Lipinski definition) is 0. The Labute approximate surface area is 186 Å². The molecule has 0 spiro atoms. The molecule has 0 aliphatic carbocycles. The summed E-state index contributed by atoms with van der Waals surface area (Å²) in [5.41, 5.74) is 0.631. The predicted octanol–water partition coefficient (Wildman–Crippen LogP) is 2.01. The molecular formula is C20H26N4O5S2.